The van der Waals surface area contributed by atoms with Gasteiger partial charge in [0, 0.05) is 7.05 Å². The molecule has 4 nitrogen and oxygen atoms in total. The molecule has 0 radical (unpaired) electrons. The van der Waals surface area contributed by atoms with Crippen molar-refractivity contribution in [3.05, 3.63) is 41.3 Å². The Kier molecular flexibility index (Phi) is 3.52. The molecule has 3 aromatic rings. The summed E-state index contributed by atoms with van der Waals surface area (Å²) in [5, 5.41) is 5.89. The maximum Gasteiger partial charge on any atom is 0.232 e. The average molecular weight is 285 g/mol. The fourth-order valence-corrected chi connectivity index (χ4v) is 2.68. The van der Waals surface area contributed by atoms with E-state index in [-0.39, 0.29) is 0 Å². The summed E-state index contributed by atoms with van der Waals surface area (Å²) in [6.45, 7) is 2.13. The molecule has 3 rings (SSSR count). The van der Waals surface area contributed by atoms with Crippen LogP contribution < -0.4 is 10.1 Å². The number of ether oxygens (including phenoxy) is 1. The van der Waals surface area contributed by atoms with Crippen molar-refractivity contribution in [2.24, 2.45) is 0 Å². The number of rotatable bonds is 4. The molecule has 0 atom stereocenters. The second-order valence-electron chi connectivity index (χ2n) is 4.34. The molecular weight excluding hydrogens is 270 g/mol. The fraction of sp³-hybridized carbons (Fsp3) is 0.200. The van der Waals surface area contributed by atoms with Crippen LogP contribution >= 0.6 is 11.3 Å². The average Bonchev–Trinajstić information content (AvgIpc) is 2.96. The van der Waals surface area contributed by atoms with E-state index < -0.39 is 0 Å². The summed E-state index contributed by atoms with van der Waals surface area (Å²) >= 11 is 1.58. The third-order valence-electron chi connectivity index (χ3n) is 3.06. The first-order valence-electron chi connectivity index (χ1n) is 6.50. The number of benzene rings is 1. The Morgan fingerprint density at radius 2 is 1.95 bits per heavy atom. The zero-order chi connectivity index (χ0) is 13.9. The first kappa shape index (κ1) is 12.9. The predicted octanol–water partition coefficient (Wildman–Crippen LogP) is 4.09. The Hall–Kier alpha value is -2.14. The highest BCUT2D eigenvalue weighted by Crippen LogP contribution is 2.31. The maximum absolute atomic E-state index is 5.91. The number of hydrogen-bond acceptors (Lipinski definition) is 5. The fourth-order valence-electron chi connectivity index (χ4n) is 1.92. The van der Waals surface area contributed by atoms with Crippen molar-refractivity contribution in [3.63, 3.8) is 0 Å². The van der Waals surface area contributed by atoms with Gasteiger partial charge in [-0.05, 0) is 35.6 Å². The van der Waals surface area contributed by atoms with Gasteiger partial charge in [-0.2, -0.15) is 4.98 Å². The minimum Gasteiger partial charge on any atom is -0.438 e. The lowest BCUT2D eigenvalue weighted by Crippen LogP contribution is -1.98. The van der Waals surface area contributed by atoms with Gasteiger partial charge in [0.15, 0.2) is 0 Å². The highest BCUT2D eigenvalue weighted by atomic mass is 32.1. The largest absolute Gasteiger partial charge is 0.438 e. The van der Waals surface area contributed by atoms with Crippen LogP contribution in [0.15, 0.2) is 35.7 Å². The second-order valence-corrected chi connectivity index (χ2v) is 5.24. The van der Waals surface area contributed by atoms with E-state index in [0.29, 0.717) is 11.8 Å². The molecule has 20 heavy (non-hydrogen) atoms. The molecule has 1 N–H and O–H groups in total. The molecule has 1 aromatic carbocycles. The van der Waals surface area contributed by atoms with Crippen molar-refractivity contribution < 1.29 is 4.74 Å². The van der Waals surface area contributed by atoms with Crippen molar-refractivity contribution in [1.29, 1.82) is 0 Å². The van der Waals surface area contributed by atoms with E-state index in [0.717, 1.165) is 22.4 Å². The third kappa shape index (κ3) is 2.44. The molecule has 0 aliphatic rings. The molecule has 0 spiro atoms. The Morgan fingerprint density at radius 1 is 1.15 bits per heavy atom. The predicted molar refractivity (Wildman–Crippen MR) is 82.9 cm³/mol. The standard InChI is InChI=1S/C15H15N3OS/c1-3-10-4-6-11(7-5-10)19-13-12-8-9-20-14(12)18-15(16-2)17-13/h4-9H,3H2,1-2H3,(H,16,17,18). The van der Waals surface area contributed by atoms with Gasteiger partial charge in [0.1, 0.15) is 10.6 Å². The molecular formula is C15H15N3OS. The van der Waals surface area contributed by atoms with Gasteiger partial charge < -0.3 is 10.1 Å². The number of fused-ring (bicyclic) bond motifs is 1. The topological polar surface area (TPSA) is 47.0 Å². The van der Waals surface area contributed by atoms with Crippen molar-refractivity contribution in [2.75, 3.05) is 12.4 Å². The van der Waals surface area contributed by atoms with E-state index in [9.17, 15) is 0 Å². The first-order valence-corrected chi connectivity index (χ1v) is 7.38. The minimum atomic E-state index is 0.570. The molecule has 102 valence electrons. The smallest absolute Gasteiger partial charge is 0.232 e. The van der Waals surface area contributed by atoms with Crippen LogP contribution in [0.4, 0.5) is 5.95 Å². The number of nitrogens with one attached hydrogen (secondary N) is 1. The summed E-state index contributed by atoms with van der Waals surface area (Å²) in [6, 6.07) is 10.1. The third-order valence-corrected chi connectivity index (χ3v) is 3.87. The van der Waals surface area contributed by atoms with E-state index in [2.05, 4.69) is 34.3 Å². The lowest BCUT2D eigenvalue weighted by Gasteiger charge is -2.08. The van der Waals surface area contributed by atoms with Crippen molar-refractivity contribution in [1.82, 2.24) is 9.97 Å². The highest BCUT2D eigenvalue weighted by Gasteiger charge is 2.10. The van der Waals surface area contributed by atoms with Crippen LogP contribution in [0.2, 0.25) is 0 Å². The van der Waals surface area contributed by atoms with Crippen molar-refractivity contribution in [2.45, 2.75) is 13.3 Å². The first-order chi connectivity index (χ1) is 9.80. The maximum atomic E-state index is 5.91. The summed E-state index contributed by atoms with van der Waals surface area (Å²) in [6.07, 6.45) is 1.02. The Morgan fingerprint density at radius 3 is 2.65 bits per heavy atom. The van der Waals surface area contributed by atoms with Crippen molar-refractivity contribution >= 4 is 27.5 Å². The molecule has 2 aromatic heterocycles. The number of aryl methyl sites for hydroxylation is 1. The van der Waals surface area contributed by atoms with E-state index in [1.54, 1.807) is 18.4 Å². The van der Waals surface area contributed by atoms with E-state index >= 15 is 0 Å². The quantitative estimate of drug-likeness (QED) is 0.784. The summed E-state index contributed by atoms with van der Waals surface area (Å²) in [5.41, 5.74) is 1.29. The van der Waals surface area contributed by atoms with Crippen molar-refractivity contribution in [3.8, 4) is 11.6 Å². The summed E-state index contributed by atoms with van der Waals surface area (Å²) in [5.74, 6) is 1.94. The molecule has 0 unspecified atom stereocenters. The number of nitrogens with zero attached hydrogens (tertiary/aromatic N) is 2. The molecule has 0 amide bonds. The molecule has 2 heterocycles. The van der Waals surface area contributed by atoms with Crippen LogP contribution in [0, 0.1) is 0 Å². The van der Waals surface area contributed by atoms with Crippen LogP contribution in [-0.4, -0.2) is 17.0 Å². The van der Waals surface area contributed by atoms with E-state index in [4.69, 9.17) is 4.74 Å². The molecule has 5 heteroatoms. The number of thiophene rings is 1. The monoisotopic (exact) mass is 285 g/mol. The zero-order valence-corrected chi connectivity index (χ0v) is 12.2. The molecule has 0 saturated heterocycles. The minimum absolute atomic E-state index is 0.570. The normalized spacial score (nSPS) is 10.7. The Balaban J connectivity index is 1.98. The van der Waals surface area contributed by atoms with Crippen LogP contribution in [0.5, 0.6) is 11.6 Å². The Labute approximate surface area is 121 Å². The van der Waals surface area contributed by atoms with Gasteiger partial charge in [-0.1, -0.05) is 19.1 Å². The van der Waals surface area contributed by atoms with Gasteiger partial charge in [-0.3, -0.25) is 0 Å². The SMILES string of the molecule is CCc1ccc(Oc2nc(NC)nc3sccc23)cc1. The molecule has 0 aliphatic heterocycles. The van der Waals surface area contributed by atoms with Gasteiger partial charge in [-0.25, -0.2) is 4.98 Å². The highest BCUT2D eigenvalue weighted by molar-refractivity contribution is 7.16. The van der Waals surface area contributed by atoms with E-state index in [1.165, 1.54) is 5.56 Å². The molecule has 0 saturated carbocycles. The molecule has 0 bridgehead atoms. The molecule has 0 fully saturated rings. The van der Waals surface area contributed by atoms with Gasteiger partial charge in [0.25, 0.3) is 0 Å². The second kappa shape index (κ2) is 5.46. The summed E-state index contributed by atoms with van der Waals surface area (Å²) in [7, 11) is 1.80. The van der Waals surface area contributed by atoms with Gasteiger partial charge in [-0.15, -0.1) is 11.3 Å². The van der Waals surface area contributed by atoms with Gasteiger partial charge in [0.2, 0.25) is 11.8 Å². The summed E-state index contributed by atoms with van der Waals surface area (Å²) < 4.78 is 5.91. The summed E-state index contributed by atoms with van der Waals surface area (Å²) in [4.78, 5) is 9.71. The van der Waals surface area contributed by atoms with Crippen LogP contribution in [0.25, 0.3) is 10.2 Å². The van der Waals surface area contributed by atoms with Crippen LogP contribution in [0.3, 0.4) is 0 Å². The number of anilines is 1. The van der Waals surface area contributed by atoms with Crippen LogP contribution in [0.1, 0.15) is 12.5 Å². The van der Waals surface area contributed by atoms with E-state index in [1.807, 2.05) is 23.6 Å². The van der Waals surface area contributed by atoms with Crippen LogP contribution in [-0.2, 0) is 6.42 Å². The molecule has 0 aliphatic carbocycles. The lowest BCUT2D eigenvalue weighted by atomic mass is 10.2. The van der Waals surface area contributed by atoms with Gasteiger partial charge in [0.05, 0.1) is 5.39 Å². The zero-order valence-electron chi connectivity index (χ0n) is 11.4. The lowest BCUT2D eigenvalue weighted by molar-refractivity contribution is 0.469. The number of aromatic nitrogens is 2. The number of hydrogen-bond donors (Lipinski definition) is 1. The van der Waals surface area contributed by atoms with Gasteiger partial charge >= 0.3 is 0 Å². The Bertz CT molecular complexity index is 722.